The molecule has 0 aliphatic carbocycles. The fourth-order valence-electron chi connectivity index (χ4n) is 1.22. The molecule has 1 aromatic rings. The van der Waals surface area contributed by atoms with Crippen molar-refractivity contribution in [2.24, 2.45) is 0 Å². The third-order valence-corrected chi connectivity index (χ3v) is 1.84. The minimum atomic E-state index is -0.193. The van der Waals surface area contributed by atoms with E-state index in [-0.39, 0.29) is 5.91 Å². The highest BCUT2D eigenvalue weighted by atomic mass is 16.1. The van der Waals surface area contributed by atoms with E-state index in [2.05, 4.69) is 5.32 Å². The second-order valence-corrected chi connectivity index (χ2v) is 2.75. The molecule has 1 amide bonds. The lowest BCUT2D eigenvalue weighted by molar-refractivity contribution is -0.115. The maximum atomic E-state index is 11.0. The summed E-state index contributed by atoms with van der Waals surface area (Å²) in [6.07, 6.45) is 4.90. The van der Waals surface area contributed by atoms with Crippen molar-refractivity contribution in [2.75, 3.05) is 0 Å². The maximum absolute atomic E-state index is 11.0. The summed E-state index contributed by atoms with van der Waals surface area (Å²) in [5.74, 6) is -0.193. The molecule has 1 radical (unpaired) electrons. The van der Waals surface area contributed by atoms with Gasteiger partial charge in [-0.1, -0.05) is 30.3 Å². The second-order valence-electron chi connectivity index (χ2n) is 2.75. The number of nitrogens with zero attached hydrogens (tertiary/aromatic N) is 1. The van der Waals surface area contributed by atoms with Gasteiger partial charge in [0.1, 0.15) is 0 Å². The Bertz CT molecular complexity index is 376. The van der Waals surface area contributed by atoms with Crippen LogP contribution in [0, 0.1) is 0 Å². The fraction of sp³-hybridized carbons (Fsp3) is 0. The van der Waals surface area contributed by atoms with E-state index in [0.29, 0.717) is 0 Å². The monoisotopic (exact) mass is 170 g/mol. The van der Waals surface area contributed by atoms with Gasteiger partial charge in [-0.25, -0.2) is 5.32 Å². The lowest BCUT2D eigenvalue weighted by atomic mass is 10.0. The highest BCUT2D eigenvalue weighted by molar-refractivity contribution is 5.99. The number of amides is 1. The van der Waals surface area contributed by atoms with E-state index >= 15 is 0 Å². The minimum Gasteiger partial charge on any atom is -0.267 e. The lowest BCUT2D eigenvalue weighted by Gasteiger charge is -2.05. The SMILES string of the molecule is O=C1C=C(c2ccccc2)C=C[N]1. The Hall–Kier alpha value is -1.83. The van der Waals surface area contributed by atoms with E-state index in [1.54, 1.807) is 0 Å². The number of hydrogen-bond acceptors (Lipinski definition) is 1. The van der Waals surface area contributed by atoms with Gasteiger partial charge in [-0.3, -0.25) is 4.79 Å². The van der Waals surface area contributed by atoms with Crippen LogP contribution in [0.15, 0.2) is 48.7 Å². The van der Waals surface area contributed by atoms with Crippen LogP contribution in [0.4, 0.5) is 0 Å². The number of allylic oxidation sites excluding steroid dienone is 2. The maximum Gasteiger partial charge on any atom is 0.270 e. The van der Waals surface area contributed by atoms with Crippen molar-refractivity contribution in [2.45, 2.75) is 0 Å². The molecule has 0 bridgehead atoms. The van der Waals surface area contributed by atoms with E-state index in [0.717, 1.165) is 11.1 Å². The summed E-state index contributed by atoms with van der Waals surface area (Å²) in [7, 11) is 0. The molecule has 0 aromatic heterocycles. The molecule has 1 aliphatic rings. The Morgan fingerprint density at radius 1 is 1.08 bits per heavy atom. The van der Waals surface area contributed by atoms with Crippen molar-refractivity contribution in [3.63, 3.8) is 0 Å². The Morgan fingerprint density at radius 2 is 1.85 bits per heavy atom. The van der Waals surface area contributed by atoms with Gasteiger partial charge in [0.05, 0.1) is 0 Å². The quantitative estimate of drug-likeness (QED) is 0.631. The summed E-state index contributed by atoms with van der Waals surface area (Å²) in [5.41, 5.74) is 1.96. The average Bonchev–Trinajstić information content (AvgIpc) is 2.19. The molecule has 0 saturated carbocycles. The molecule has 0 fully saturated rings. The largest absolute Gasteiger partial charge is 0.270 e. The van der Waals surface area contributed by atoms with Crippen molar-refractivity contribution in [3.05, 3.63) is 54.2 Å². The fourth-order valence-corrected chi connectivity index (χ4v) is 1.22. The first-order chi connectivity index (χ1) is 6.36. The molecule has 1 aliphatic heterocycles. The van der Waals surface area contributed by atoms with Crippen LogP contribution in [0.25, 0.3) is 5.57 Å². The van der Waals surface area contributed by atoms with Crippen LogP contribution in [0.5, 0.6) is 0 Å². The molecular formula is C11H8NO. The summed E-state index contributed by atoms with van der Waals surface area (Å²) in [6.45, 7) is 0. The Kier molecular flexibility index (Phi) is 1.96. The third-order valence-electron chi connectivity index (χ3n) is 1.84. The zero-order valence-corrected chi connectivity index (χ0v) is 6.97. The van der Waals surface area contributed by atoms with Gasteiger partial charge in [0.15, 0.2) is 0 Å². The van der Waals surface area contributed by atoms with Crippen LogP contribution in [-0.2, 0) is 4.79 Å². The van der Waals surface area contributed by atoms with Gasteiger partial charge >= 0.3 is 0 Å². The number of hydrogen-bond donors (Lipinski definition) is 0. The Balaban J connectivity index is 2.37. The van der Waals surface area contributed by atoms with Crippen molar-refractivity contribution in [1.82, 2.24) is 5.32 Å². The summed E-state index contributed by atoms with van der Waals surface area (Å²) in [5, 5.41) is 3.61. The van der Waals surface area contributed by atoms with Crippen LogP contribution in [-0.4, -0.2) is 5.91 Å². The smallest absolute Gasteiger partial charge is 0.267 e. The van der Waals surface area contributed by atoms with Crippen molar-refractivity contribution in [1.29, 1.82) is 0 Å². The van der Waals surface area contributed by atoms with Crippen molar-refractivity contribution in [3.8, 4) is 0 Å². The third kappa shape index (κ3) is 1.67. The van der Waals surface area contributed by atoms with Crippen LogP contribution >= 0.6 is 0 Å². The number of carbonyl (C=O) groups is 1. The normalized spacial score (nSPS) is 15.1. The topological polar surface area (TPSA) is 31.2 Å². The molecule has 0 atom stereocenters. The molecule has 2 heteroatoms. The Labute approximate surface area is 76.6 Å². The predicted octanol–water partition coefficient (Wildman–Crippen LogP) is 1.73. The predicted molar refractivity (Wildman–Crippen MR) is 50.7 cm³/mol. The standard InChI is InChI=1S/C11H8NO/c13-11-8-10(6-7-12-11)9-4-2-1-3-5-9/h1-8H. The summed E-state index contributed by atoms with van der Waals surface area (Å²) < 4.78 is 0. The van der Waals surface area contributed by atoms with Crippen molar-refractivity contribution < 1.29 is 4.79 Å². The zero-order chi connectivity index (χ0) is 9.10. The molecule has 13 heavy (non-hydrogen) atoms. The highest BCUT2D eigenvalue weighted by Crippen LogP contribution is 2.16. The average molecular weight is 170 g/mol. The van der Waals surface area contributed by atoms with E-state index in [4.69, 9.17) is 0 Å². The van der Waals surface area contributed by atoms with Gasteiger partial charge in [0.25, 0.3) is 5.91 Å². The van der Waals surface area contributed by atoms with E-state index in [1.807, 2.05) is 36.4 Å². The van der Waals surface area contributed by atoms with Gasteiger partial charge in [0, 0.05) is 12.3 Å². The van der Waals surface area contributed by atoms with Gasteiger partial charge < -0.3 is 0 Å². The van der Waals surface area contributed by atoms with Crippen LogP contribution in [0.1, 0.15) is 5.56 Å². The highest BCUT2D eigenvalue weighted by Gasteiger charge is 2.05. The van der Waals surface area contributed by atoms with Crippen LogP contribution in [0.3, 0.4) is 0 Å². The summed E-state index contributed by atoms with van der Waals surface area (Å²) in [4.78, 5) is 11.0. The molecule has 0 saturated heterocycles. The van der Waals surface area contributed by atoms with Gasteiger partial charge in [0.2, 0.25) is 0 Å². The molecule has 0 spiro atoms. The van der Waals surface area contributed by atoms with Crippen LogP contribution in [0.2, 0.25) is 0 Å². The number of rotatable bonds is 1. The minimum absolute atomic E-state index is 0.193. The second kappa shape index (κ2) is 3.27. The van der Waals surface area contributed by atoms with Gasteiger partial charge in [-0.15, -0.1) is 0 Å². The van der Waals surface area contributed by atoms with Gasteiger partial charge in [-0.2, -0.15) is 0 Å². The molecule has 2 nitrogen and oxygen atoms in total. The van der Waals surface area contributed by atoms with E-state index in [9.17, 15) is 4.79 Å². The van der Waals surface area contributed by atoms with Gasteiger partial charge in [-0.05, 0) is 17.2 Å². The Morgan fingerprint density at radius 3 is 2.54 bits per heavy atom. The first kappa shape index (κ1) is 7.80. The number of benzene rings is 1. The van der Waals surface area contributed by atoms with Crippen LogP contribution < -0.4 is 5.32 Å². The molecule has 0 unspecified atom stereocenters. The summed E-state index contributed by atoms with van der Waals surface area (Å²) >= 11 is 0. The van der Waals surface area contributed by atoms with E-state index < -0.39 is 0 Å². The molecule has 2 rings (SSSR count). The van der Waals surface area contributed by atoms with E-state index in [1.165, 1.54) is 12.3 Å². The zero-order valence-electron chi connectivity index (χ0n) is 6.97. The molecule has 0 N–H and O–H groups in total. The molecule has 63 valence electrons. The molecule has 1 aromatic carbocycles. The first-order valence-corrected chi connectivity index (χ1v) is 4.05. The first-order valence-electron chi connectivity index (χ1n) is 4.05. The summed E-state index contributed by atoms with van der Waals surface area (Å²) in [6, 6.07) is 9.77. The number of carbonyl (C=O) groups excluding carboxylic acids is 1. The molecule has 1 heterocycles. The van der Waals surface area contributed by atoms with Crippen molar-refractivity contribution >= 4 is 11.5 Å². The molecular weight excluding hydrogens is 162 g/mol. The lowest BCUT2D eigenvalue weighted by Crippen LogP contribution is -2.09.